The standard InChI is InChI=1S/C40H22S2/c1-2-8-23(9-3-1)26-18-14-24-17-21-30-27(19-15-25-16-20-29(26)36(24)37(25)30)32-22-33-28-10-4-6-12-34(28)41-39(33)40-38(32)31-11-5-7-13-35(31)42-40/h1-22H. The highest BCUT2D eigenvalue weighted by molar-refractivity contribution is 7.33. The van der Waals surface area contributed by atoms with E-state index in [-0.39, 0.29) is 0 Å². The molecule has 0 unspecified atom stereocenters. The third-order valence-electron chi connectivity index (χ3n) is 9.03. The fourth-order valence-corrected chi connectivity index (χ4v) is 9.73. The van der Waals surface area contributed by atoms with Crippen molar-refractivity contribution in [1.82, 2.24) is 0 Å². The van der Waals surface area contributed by atoms with E-state index in [4.69, 9.17) is 0 Å². The van der Waals surface area contributed by atoms with Crippen LogP contribution in [0.25, 0.3) is 94.9 Å². The van der Waals surface area contributed by atoms with Gasteiger partial charge in [-0.15, -0.1) is 22.7 Å². The molecule has 8 aromatic carbocycles. The van der Waals surface area contributed by atoms with Crippen LogP contribution in [-0.2, 0) is 0 Å². The van der Waals surface area contributed by atoms with Gasteiger partial charge in [-0.2, -0.15) is 0 Å². The van der Waals surface area contributed by atoms with E-state index in [0.29, 0.717) is 0 Å². The normalized spacial score (nSPS) is 12.3. The first kappa shape index (κ1) is 22.9. The van der Waals surface area contributed by atoms with Gasteiger partial charge in [-0.05, 0) is 72.8 Å². The van der Waals surface area contributed by atoms with Crippen LogP contribution in [0.2, 0.25) is 0 Å². The van der Waals surface area contributed by atoms with Crippen LogP contribution in [0.3, 0.4) is 0 Å². The maximum absolute atomic E-state index is 2.48. The van der Waals surface area contributed by atoms with Crippen molar-refractivity contribution in [2.75, 3.05) is 0 Å². The van der Waals surface area contributed by atoms with E-state index in [1.807, 2.05) is 22.7 Å². The van der Waals surface area contributed by atoms with Gasteiger partial charge in [-0.25, -0.2) is 0 Å². The number of benzene rings is 8. The van der Waals surface area contributed by atoms with Crippen molar-refractivity contribution in [3.05, 3.63) is 133 Å². The zero-order valence-corrected chi connectivity index (χ0v) is 24.2. The van der Waals surface area contributed by atoms with Gasteiger partial charge < -0.3 is 0 Å². The fourth-order valence-electron chi connectivity index (χ4n) is 7.18. The predicted octanol–water partition coefficient (Wildman–Crippen LogP) is 12.7. The molecule has 0 bridgehead atoms. The zero-order chi connectivity index (χ0) is 27.4. The summed E-state index contributed by atoms with van der Waals surface area (Å²) in [5.41, 5.74) is 5.20. The molecule has 0 atom stereocenters. The zero-order valence-electron chi connectivity index (χ0n) is 22.5. The van der Waals surface area contributed by atoms with E-state index in [1.165, 1.54) is 94.9 Å². The minimum absolute atomic E-state index is 1.26. The number of fused-ring (bicyclic) bond motifs is 7. The van der Waals surface area contributed by atoms with Gasteiger partial charge >= 0.3 is 0 Å². The van der Waals surface area contributed by atoms with Crippen molar-refractivity contribution >= 4 is 95.3 Å². The summed E-state index contributed by atoms with van der Waals surface area (Å²) in [4.78, 5) is 0. The lowest BCUT2D eigenvalue weighted by Crippen LogP contribution is -1.90. The van der Waals surface area contributed by atoms with E-state index in [1.54, 1.807) is 0 Å². The van der Waals surface area contributed by atoms with Gasteiger partial charge in [0, 0.05) is 30.9 Å². The molecule has 2 heterocycles. The average Bonchev–Trinajstić information content (AvgIpc) is 3.62. The monoisotopic (exact) mass is 566 g/mol. The first-order valence-corrected chi connectivity index (χ1v) is 16.0. The van der Waals surface area contributed by atoms with Gasteiger partial charge in [0.05, 0.1) is 9.40 Å². The lowest BCUT2D eigenvalue weighted by molar-refractivity contribution is 1.66. The maximum atomic E-state index is 2.48. The Kier molecular flexibility index (Phi) is 4.57. The minimum Gasteiger partial charge on any atom is -0.134 e. The molecule has 0 radical (unpaired) electrons. The van der Waals surface area contributed by atoms with Gasteiger partial charge in [0.15, 0.2) is 0 Å². The third kappa shape index (κ3) is 3.01. The molecule has 0 fully saturated rings. The summed E-state index contributed by atoms with van der Waals surface area (Å²) in [5, 5.41) is 13.4. The lowest BCUT2D eigenvalue weighted by Gasteiger charge is -2.17. The molecule has 10 rings (SSSR count). The van der Waals surface area contributed by atoms with Gasteiger partial charge in [-0.3, -0.25) is 0 Å². The molecular weight excluding hydrogens is 545 g/mol. The van der Waals surface area contributed by atoms with E-state index in [2.05, 4.69) is 133 Å². The van der Waals surface area contributed by atoms with Crippen molar-refractivity contribution < 1.29 is 0 Å². The van der Waals surface area contributed by atoms with E-state index in [0.717, 1.165) is 0 Å². The third-order valence-corrected chi connectivity index (χ3v) is 11.6. The predicted molar refractivity (Wildman–Crippen MR) is 187 cm³/mol. The topological polar surface area (TPSA) is 0 Å². The summed E-state index contributed by atoms with van der Waals surface area (Å²) in [6.07, 6.45) is 0. The Labute approximate surface area is 250 Å². The molecule has 42 heavy (non-hydrogen) atoms. The van der Waals surface area contributed by atoms with Crippen molar-refractivity contribution in [2.24, 2.45) is 0 Å². The fraction of sp³-hybridized carbons (Fsp3) is 0. The molecule has 2 aromatic heterocycles. The van der Waals surface area contributed by atoms with Crippen molar-refractivity contribution in [3.8, 4) is 22.3 Å². The maximum Gasteiger partial charge on any atom is 0.0540 e. The summed E-state index contributed by atoms with van der Waals surface area (Å²) in [7, 11) is 0. The van der Waals surface area contributed by atoms with Crippen LogP contribution in [0.4, 0.5) is 0 Å². The Morgan fingerprint density at radius 2 is 0.905 bits per heavy atom. The van der Waals surface area contributed by atoms with E-state index < -0.39 is 0 Å². The van der Waals surface area contributed by atoms with Crippen molar-refractivity contribution in [2.45, 2.75) is 0 Å². The highest BCUT2D eigenvalue weighted by Crippen LogP contribution is 2.50. The van der Waals surface area contributed by atoms with Crippen LogP contribution in [0.5, 0.6) is 0 Å². The van der Waals surface area contributed by atoms with Gasteiger partial charge in [0.25, 0.3) is 0 Å². The highest BCUT2D eigenvalue weighted by atomic mass is 32.1. The number of hydrogen-bond donors (Lipinski definition) is 0. The second-order valence-electron chi connectivity index (χ2n) is 11.2. The van der Waals surface area contributed by atoms with Gasteiger partial charge in [-0.1, -0.05) is 115 Å². The number of hydrogen-bond acceptors (Lipinski definition) is 2. The first-order valence-electron chi connectivity index (χ1n) is 14.4. The second-order valence-corrected chi connectivity index (χ2v) is 13.3. The van der Waals surface area contributed by atoms with Crippen LogP contribution in [0, 0.1) is 0 Å². The quantitative estimate of drug-likeness (QED) is 0.183. The van der Waals surface area contributed by atoms with Crippen molar-refractivity contribution in [1.29, 1.82) is 0 Å². The Bertz CT molecular complexity index is 2670. The minimum atomic E-state index is 1.26. The molecule has 0 nitrogen and oxygen atoms in total. The van der Waals surface area contributed by atoms with Crippen LogP contribution < -0.4 is 0 Å². The van der Waals surface area contributed by atoms with E-state index >= 15 is 0 Å². The Morgan fingerprint density at radius 1 is 0.333 bits per heavy atom. The highest BCUT2D eigenvalue weighted by Gasteiger charge is 2.20. The molecule has 0 spiro atoms. The van der Waals surface area contributed by atoms with Gasteiger partial charge in [0.1, 0.15) is 0 Å². The Balaban J connectivity index is 1.38. The summed E-state index contributed by atoms with van der Waals surface area (Å²) in [6, 6.07) is 49.7. The molecule has 2 heteroatoms. The molecule has 0 amide bonds. The van der Waals surface area contributed by atoms with Gasteiger partial charge in [0.2, 0.25) is 0 Å². The Hall–Kier alpha value is -4.76. The number of thiophene rings is 2. The molecule has 0 N–H and O–H groups in total. The number of rotatable bonds is 2. The molecule has 0 saturated heterocycles. The van der Waals surface area contributed by atoms with Crippen LogP contribution in [0.1, 0.15) is 0 Å². The van der Waals surface area contributed by atoms with Crippen molar-refractivity contribution in [3.63, 3.8) is 0 Å². The average molecular weight is 567 g/mol. The molecular formula is C40H22S2. The summed E-state index contributed by atoms with van der Waals surface area (Å²) in [6.45, 7) is 0. The first-order chi connectivity index (χ1) is 20.8. The largest absolute Gasteiger partial charge is 0.134 e. The van der Waals surface area contributed by atoms with Crippen LogP contribution in [-0.4, -0.2) is 0 Å². The van der Waals surface area contributed by atoms with E-state index in [9.17, 15) is 0 Å². The lowest BCUT2D eigenvalue weighted by atomic mass is 9.86. The molecule has 0 aliphatic carbocycles. The second kappa shape index (κ2) is 8.39. The Morgan fingerprint density at radius 3 is 1.67 bits per heavy atom. The van der Waals surface area contributed by atoms with Crippen LogP contribution in [0.15, 0.2) is 133 Å². The molecule has 0 aliphatic heterocycles. The molecule has 0 aliphatic rings. The molecule has 0 saturated carbocycles. The van der Waals surface area contributed by atoms with Crippen LogP contribution >= 0.6 is 22.7 Å². The summed E-state index contributed by atoms with van der Waals surface area (Å²) >= 11 is 3.87. The SMILES string of the molecule is c1ccc(-c2ccc3ccc4c(-c5cc6c7ccccc7sc6c6sc7ccccc7c56)ccc5ccc2c3c54)cc1. The molecule has 194 valence electrons. The molecule has 10 aromatic rings. The summed E-state index contributed by atoms with van der Waals surface area (Å²) < 4.78 is 5.51. The summed E-state index contributed by atoms with van der Waals surface area (Å²) in [5.74, 6) is 0. The smallest absolute Gasteiger partial charge is 0.0540 e.